The van der Waals surface area contributed by atoms with Crippen molar-refractivity contribution in [2.45, 2.75) is 13.3 Å². The molecule has 0 unspecified atom stereocenters. The number of rotatable bonds is 11. The zero-order valence-electron chi connectivity index (χ0n) is 23.1. The molecule has 43 heavy (non-hydrogen) atoms. The Morgan fingerprint density at radius 3 is 2.12 bits per heavy atom. The molecule has 0 saturated carbocycles. The standard InChI is InChI=1S/C29H28F3N7O4/c1-18-3-4-22(17-24(18)26(40)33-15-16-42-2)36-27-34-14-13-25(39-27)35-19-5-7-20(8-6-19)37-28(41)38-21-9-11-23(12-10-21)43-29(30,31)32/h3-14,17H,15-16H2,1-2H3,(H,33,40)(H2,37,38,41)(H2,34,35,36,39). The monoisotopic (exact) mass is 595 g/mol. The van der Waals surface area contributed by atoms with E-state index >= 15 is 0 Å². The van der Waals surface area contributed by atoms with Crippen LogP contribution in [-0.4, -0.2) is 48.5 Å². The first-order chi connectivity index (χ1) is 20.6. The Hall–Kier alpha value is -5.37. The van der Waals surface area contributed by atoms with Crippen LogP contribution in [0.1, 0.15) is 15.9 Å². The summed E-state index contributed by atoms with van der Waals surface area (Å²) in [5.74, 6) is 0.209. The van der Waals surface area contributed by atoms with E-state index in [9.17, 15) is 22.8 Å². The van der Waals surface area contributed by atoms with Gasteiger partial charge in [0.25, 0.3) is 5.91 Å². The highest BCUT2D eigenvalue weighted by Crippen LogP contribution is 2.25. The maximum absolute atomic E-state index is 12.5. The number of alkyl halides is 3. The second kappa shape index (κ2) is 14.0. The zero-order valence-corrected chi connectivity index (χ0v) is 23.1. The Kier molecular flexibility index (Phi) is 9.96. The van der Waals surface area contributed by atoms with Gasteiger partial charge in [-0.1, -0.05) is 6.07 Å². The molecular weight excluding hydrogens is 567 g/mol. The molecule has 0 aliphatic heterocycles. The molecule has 11 nitrogen and oxygen atoms in total. The number of nitrogens with zero attached hydrogens (tertiary/aromatic N) is 2. The van der Waals surface area contributed by atoms with Gasteiger partial charge < -0.3 is 36.1 Å². The smallest absolute Gasteiger partial charge is 0.406 e. The van der Waals surface area contributed by atoms with Crippen LogP contribution in [0.15, 0.2) is 79.0 Å². The van der Waals surface area contributed by atoms with Crippen LogP contribution in [0.5, 0.6) is 5.75 Å². The number of carbonyl (C=O) groups is 2. The van der Waals surface area contributed by atoms with E-state index in [-0.39, 0.29) is 11.6 Å². The normalized spacial score (nSPS) is 10.9. The van der Waals surface area contributed by atoms with Crippen LogP contribution in [-0.2, 0) is 4.74 Å². The summed E-state index contributed by atoms with van der Waals surface area (Å²) in [6, 6.07) is 18.0. The summed E-state index contributed by atoms with van der Waals surface area (Å²) in [6.07, 6.45) is -3.22. The molecule has 4 rings (SSSR count). The van der Waals surface area contributed by atoms with Crippen molar-refractivity contribution in [2.24, 2.45) is 0 Å². The van der Waals surface area contributed by atoms with Crippen LogP contribution in [0, 0.1) is 6.92 Å². The largest absolute Gasteiger partial charge is 0.573 e. The van der Waals surface area contributed by atoms with E-state index < -0.39 is 18.1 Å². The molecule has 1 heterocycles. The molecule has 14 heteroatoms. The highest BCUT2D eigenvalue weighted by Gasteiger charge is 2.31. The second-order valence-electron chi connectivity index (χ2n) is 9.02. The van der Waals surface area contributed by atoms with Crippen LogP contribution < -0.4 is 31.3 Å². The van der Waals surface area contributed by atoms with Gasteiger partial charge in [-0.3, -0.25) is 4.79 Å². The van der Waals surface area contributed by atoms with Gasteiger partial charge in [-0.15, -0.1) is 13.2 Å². The van der Waals surface area contributed by atoms with Crippen LogP contribution in [0.3, 0.4) is 0 Å². The van der Waals surface area contributed by atoms with Crippen molar-refractivity contribution in [1.29, 1.82) is 0 Å². The number of methoxy groups -OCH3 is 1. The molecule has 0 radical (unpaired) electrons. The summed E-state index contributed by atoms with van der Waals surface area (Å²) in [6.45, 7) is 2.66. The van der Waals surface area contributed by atoms with E-state index in [2.05, 4.69) is 41.3 Å². The summed E-state index contributed by atoms with van der Waals surface area (Å²) in [7, 11) is 1.56. The molecule has 0 atom stereocenters. The highest BCUT2D eigenvalue weighted by atomic mass is 19.4. The number of ether oxygens (including phenoxy) is 2. The maximum atomic E-state index is 12.5. The van der Waals surface area contributed by atoms with Crippen LogP contribution >= 0.6 is 0 Å². The maximum Gasteiger partial charge on any atom is 0.573 e. The molecule has 0 aliphatic carbocycles. The summed E-state index contributed by atoms with van der Waals surface area (Å²) >= 11 is 0. The third kappa shape index (κ3) is 9.60. The molecule has 0 aliphatic rings. The molecule has 5 N–H and O–H groups in total. The second-order valence-corrected chi connectivity index (χ2v) is 9.02. The van der Waals surface area contributed by atoms with E-state index in [1.54, 1.807) is 49.7 Å². The van der Waals surface area contributed by atoms with Crippen LogP contribution in [0.25, 0.3) is 0 Å². The number of carbonyl (C=O) groups excluding carboxylic acids is 2. The van der Waals surface area contributed by atoms with Gasteiger partial charge in [0.15, 0.2) is 0 Å². The number of benzene rings is 3. The third-order valence-corrected chi connectivity index (χ3v) is 5.75. The lowest BCUT2D eigenvalue weighted by Crippen LogP contribution is -2.27. The number of urea groups is 1. The van der Waals surface area contributed by atoms with Crippen molar-refractivity contribution in [3.8, 4) is 5.75 Å². The van der Waals surface area contributed by atoms with Crippen molar-refractivity contribution >= 4 is 46.5 Å². The lowest BCUT2D eigenvalue weighted by molar-refractivity contribution is -0.274. The molecule has 224 valence electrons. The fourth-order valence-corrected chi connectivity index (χ4v) is 3.74. The minimum Gasteiger partial charge on any atom is -0.406 e. The Morgan fingerprint density at radius 1 is 0.837 bits per heavy atom. The zero-order chi connectivity index (χ0) is 30.8. The average Bonchev–Trinajstić information content (AvgIpc) is 2.96. The number of halogens is 3. The SMILES string of the molecule is COCCNC(=O)c1cc(Nc2nccc(Nc3ccc(NC(=O)Nc4ccc(OC(F)(F)F)cc4)cc3)n2)ccc1C. The molecule has 1 aromatic heterocycles. The van der Waals surface area contributed by atoms with Crippen LogP contribution in [0.2, 0.25) is 0 Å². The lowest BCUT2D eigenvalue weighted by atomic mass is 10.1. The van der Waals surface area contributed by atoms with E-state index in [1.807, 2.05) is 19.1 Å². The molecule has 3 amide bonds. The van der Waals surface area contributed by atoms with Crippen LogP contribution in [0.4, 0.5) is 52.5 Å². The van der Waals surface area contributed by atoms with E-state index in [1.165, 1.54) is 12.1 Å². The number of nitrogens with one attached hydrogen (secondary N) is 5. The predicted molar refractivity (Wildman–Crippen MR) is 156 cm³/mol. The quantitative estimate of drug-likeness (QED) is 0.129. The molecule has 0 bridgehead atoms. The van der Waals surface area contributed by atoms with E-state index in [0.29, 0.717) is 47.5 Å². The predicted octanol–water partition coefficient (Wildman–Crippen LogP) is 6.19. The first-order valence-corrected chi connectivity index (χ1v) is 12.9. The summed E-state index contributed by atoms with van der Waals surface area (Å²) in [5.41, 5.74) is 3.42. The minimum atomic E-state index is -4.79. The molecule has 0 spiro atoms. The molecular formula is C29H28F3N7O4. The van der Waals surface area contributed by atoms with Gasteiger partial charge in [-0.2, -0.15) is 4.98 Å². The third-order valence-electron chi connectivity index (χ3n) is 5.75. The number of aryl methyl sites for hydroxylation is 1. The number of hydrogen-bond donors (Lipinski definition) is 5. The van der Waals surface area contributed by atoms with Gasteiger partial charge >= 0.3 is 12.4 Å². The first-order valence-electron chi connectivity index (χ1n) is 12.9. The summed E-state index contributed by atoms with van der Waals surface area (Å²) in [5, 5.41) is 14.2. The number of anilines is 6. The first kappa shape index (κ1) is 30.6. The van der Waals surface area contributed by atoms with Gasteiger partial charge in [0, 0.05) is 48.2 Å². The lowest BCUT2D eigenvalue weighted by Gasteiger charge is -2.12. The van der Waals surface area contributed by atoms with Crippen molar-refractivity contribution in [2.75, 3.05) is 41.5 Å². The van der Waals surface area contributed by atoms with Gasteiger partial charge in [0.1, 0.15) is 11.6 Å². The summed E-state index contributed by atoms with van der Waals surface area (Å²) in [4.78, 5) is 33.5. The van der Waals surface area contributed by atoms with Crippen molar-refractivity contribution in [3.05, 3.63) is 90.1 Å². The molecule has 0 fully saturated rings. The number of aromatic nitrogens is 2. The van der Waals surface area contributed by atoms with Crippen molar-refractivity contribution in [3.63, 3.8) is 0 Å². The Bertz CT molecular complexity index is 1550. The van der Waals surface area contributed by atoms with E-state index in [0.717, 1.165) is 17.7 Å². The Labute approximate surface area is 244 Å². The topological polar surface area (TPSA) is 139 Å². The summed E-state index contributed by atoms with van der Waals surface area (Å²) < 4.78 is 45.7. The molecule has 0 saturated heterocycles. The highest BCUT2D eigenvalue weighted by molar-refractivity contribution is 6.00. The fraction of sp³-hybridized carbons (Fsp3) is 0.172. The number of amides is 3. The van der Waals surface area contributed by atoms with Crippen molar-refractivity contribution in [1.82, 2.24) is 15.3 Å². The van der Waals surface area contributed by atoms with Gasteiger partial charge in [-0.05, 0) is 79.2 Å². The van der Waals surface area contributed by atoms with Gasteiger partial charge in [0.2, 0.25) is 5.95 Å². The van der Waals surface area contributed by atoms with Gasteiger partial charge in [-0.25, -0.2) is 9.78 Å². The average molecular weight is 596 g/mol. The number of hydrogen-bond acceptors (Lipinski definition) is 8. The van der Waals surface area contributed by atoms with E-state index in [4.69, 9.17) is 4.74 Å². The molecule has 3 aromatic carbocycles. The van der Waals surface area contributed by atoms with Crippen molar-refractivity contribution < 1.29 is 32.2 Å². The molecule has 4 aromatic rings. The Balaban J connectivity index is 1.32. The fourth-order valence-electron chi connectivity index (χ4n) is 3.74. The Morgan fingerprint density at radius 2 is 1.47 bits per heavy atom. The van der Waals surface area contributed by atoms with Gasteiger partial charge in [0.05, 0.1) is 6.61 Å². The minimum absolute atomic E-state index is 0.210.